The smallest absolute Gasteiger partial charge is 0.325 e. The maximum absolute atomic E-state index is 12.2. The molecule has 2 N–H and O–H groups in total. The second-order valence-corrected chi connectivity index (χ2v) is 7.71. The van der Waals surface area contributed by atoms with E-state index in [4.69, 9.17) is 11.6 Å². The highest BCUT2D eigenvalue weighted by molar-refractivity contribution is 6.31. The van der Waals surface area contributed by atoms with E-state index >= 15 is 0 Å². The van der Waals surface area contributed by atoms with E-state index in [0.717, 1.165) is 25.2 Å². The number of aliphatic carboxylic acids is 2. The van der Waals surface area contributed by atoms with Crippen molar-refractivity contribution in [2.75, 3.05) is 32.7 Å². The first-order valence-electron chi connectivity index (χ1n) is 9.10. The van der Waals surface area contributed by atoms with Gasteiger partial charge in [0.25, 0.3) is 0 Å². The quantitative estimate of drug-likeness (QED) is 0.689. The first kappa shape index (κ1) is 20.4. The van der Waals surface area contributed by atoms with Crippen molar-refractivity contribution in [3.8, 4) is 0 Å². The SMILES string of the molecule is C=C(C)CN1CCN([C@@H](C(=O)O)c2cn(CC(=O)O)c3cc(Cl)ccc23)CC1. The van der Waals surface area contributed by atoms with E-state index in [-0.39, 0.29) is 6.54 Å². The summed E-state index contributed by atoms with van der Waals surface area (Å²) in [6, 6.07) is 4.29. The van der Waals surface area contributed by atoms with Gasteiger partial charge in [-0.05, 0) is 19.1 Å². The van der Waals surface area contributed by atoms with Gasteiger partial charge in [-0.25, -0.2) is 0 Å². The molecule has 7 nitrogen and oxygen atoms in total. The van der Waals surface area contributed by atoms with Crippen molar-refractivity contribution >= 4 is 34.4 Å². The zero-order valence-electron chi connectivity index (χ0n) is 15.8. The molecule has 0 bridgehead atoms. The van der Waals surface area contributed by atoms with Crippen molar-refractivity contribution in [2.45, 2.75) is 19.5 Å². The van der Waals surface area contributed by atoms with Crippen LogP contribution in [0.25, 0.3) is 10.9 Å². The molecule has 0 saturated carbocycles. The molecule has 1 aliphatic heterocycles. The second-order valence-electron chi connectivity index (χ2n) is 7.28. The van der Waals surface area contributed by atoms with E-state index in [1.54, 1.807) is 29.0 Å². The molecule has 2 heterocycles. The summed E-state index contributed by atoms with van der Waals surface area (Å²) in [6.45, 7) is 9.22. The van der Waals surface area contributed by atoms with Crippen LogP contribution in [-0.4, -0.2) is 69.2 Å². The predicted octanol–water partition coefficient (Wildman–Crippen LogP) is 2.70. The molecule has 28 heavy (non-hydrogen) atoms. The lowest BCUT2D eigenvalue weighted by atomic mass is 10.0. The van der Waals surface area contributed by atoms with Crippen LogP contribution in [0.2, 0.25) is 5.02 Å². The number of benzene rings is 1. The van der Waals surface area contributed by atoms with Gasteiger partial charge in [-0.1, -0.05) is 29.8 Å². The Hall–Kier alpha value is -2.35. The fraction of sp³-hybridized carbons (Fsp3) is 0.400. The first-order chi connectivity index (χ1) is 13.3. The molecule has 8 heteroatoms. The number of carboxylic acids is 2. The molecule has 1 fully saturated rings. The summed E-state index contributed by atoms with van der Waals surface area (Å²) in [5.74, 6) is -1.94. The molecule has 150 valence electrons. The zero-order chi connectivity index (χ0) is 20.4. The molecule has 1 aliphatic rings. The van der Waals surface area contributed by atoms with E-state index in [1.807, 2.05) is 11.8 Å². The van der Waals surface area contributed by atoms with Crippen LogP contribution < -0.4 is 0 Å². The molecule has 0 spiro atoms. The van der Waals surface area contributed by atoms with Gasteiger partial charge >= 0.3 is 11.9 Å². The molecule has 1 saturated heterocycles. The van der Waals surface area contributed by atoms with Gasteiger partial charge in [-0.3, -0.25) is 19.4 Å². The topological polar surface area (TPSA) is 86.0 Å². The Labute approximate surface area is 168 Å². The summed E-state index contributed by atoms with van der Waals surface area (Å²) in [6.07, 6.45) is 1.63. The number of piperazine rings is 1. The Balaban J connectivity index is 1.95. The van der Waals surface area contributed by atoms with Crippen LogP contribution in [0.15, 0.2) is 36.5 Å². The van der Waals surface area contributed by atoms with Crippen molar-refractivity contribution < 1.29 is 19.8 Å². The van der Waals surface area contributed by atoms with E-state index in [2.05, 4.69) is 11.5 Å². The normalized spacial score (nSPS) is 16.9. The van der Waals surface area contributed by atoms with Crippen LogP contribution in [0.5, 0.6) is 0 Å². The molecule has 2 aromatic rings. The van der Waals surface area contributed by atoms with Crippen LogP contribution in [0.1, 0.15) is 18.5 Å². The van der Waals surface area contributed by atoms with Gasteiger partial charge in [0.1, 0.15) is 12.6 Å². The molecule has 0 radical (unpaired) electrons. The fourth-order valence-corrected chi connectivity index (χ4v) is 4.00. The summed E-state index contributed by atoms with van der Waals surface area (Å²) in [4.78, 5) is 27.6. The van der Waals surface area contributed by atoms with E-state index in [9.17, 15) is 19.8 Å². The Morgan fingerprint density at radius 2 is 1.86 bits per heavy atom. The number of nitrogens with zero attached hydrogens (tertiary/aromatic N) is 3. The lowest BCUT2D eigenvalue weighted by Gasteiger charge is -2.37. The van der Waals surface area contributed by atoms with Gasteiger partial charge in [0, 0.05) is 54.9 Å². The number of halogens is 1. The Morgan fingerprint density at radius 3 is 2.43 bits per heavy atom. The average molecular weight is 406 g/mol. The molecular weight excluding hydrogens is 382 g/mol. The van der Waals surface area contributed by atoms with Crippen LogP contribution in [0.4, 0.5) is 0 Å². The van der Waals surface area contributed by atoms with Crippen LogP contribution in [-0.2, 0) is 16.1 Å². The third kappa shape index (κ3) is 4.38. The number of carboxylic acid groups (broad SMARTS) is 2. The number of carbonyl (C=O) groups is 2. The van der Waals surface area contributed by atoms with Crippen LogP contribution in [0.3, 0.4) is 0 Å². The Kier molecular flexibility index (Phi) is 6.07. The fourth-order valence-electron chi connectivity index (χ4n) is 3.84. The zero-order valence-corrected chi connectivity index (χ0v) is 16.5. The molecule has 1 aromatic heterocycles. The highest BCUT2D eigenvalue weighted by Gasteiger charge is 2.32. The monoisotopic (exact) mass is 405 g/mol. The minimum atomic E-state index is -0.997. The van der Waals surface area contributed by atoms with E-state index in [1.165, 1.54) is 0 Å². The third-order valence-electron chi connectivity index (χ3n) is 4.97. The van der Waals surface area contributed by atoms with Gasteiger partial charge in [-0.2, -0.15) is 0 Å². The third-order valence-corrected chi connectivity index (χ3v) is 5.21. The Morgan fingerprint density at radius 1 is 1.18 bits per heavy atom. The summed E-state index contributed by atoms with van der Waals surface area (Å²) < 4.78 is 1.55. The number of hydrogen-bond donors (Lipinski definition) is 2. The number of fused-ring (bicyclic) bond motifs is 1. The number of hydrogen-bond acceptors (Lipinski definition) is 4. The lowest BCUT2D eigenvalue weighted by Crippen LogP contribution is -2.49. The number of aromatic nitrogens is 1. The summed E-state index contributed by atoms with van der Waals surface area (Å²) in [5, 5.41) is 20.4. The molecule has 0 amide bonds. The maximum atomic E-state index is 12.2. The maximum Gasteiger partial charge on any atom is 0.325 e. The van der Waals surface area contributed by atoms with Gasteiger partial charge in [0.15, 0.2) is 0 Å². The van der Waals surface area contributed by atoms with E-state index in [0.29, 0.717) is 34.6 Å². The van der Waals surface area contributed by atoms with Crippen LogP contribution in [0, 0.1) is 0 Å². The summed E-state index contributed by atoms with van der Waals surface area (Å²) in [7, 11) is 0. The van der Waals surface area contributed by atoms with Gasteiger partial charge in [0.2, 0.25) is 0 Å². The van der Waals surface area contributed by atoms with Crippen LogP contribution >= 0.6 is 11.6 Å². The van der Waals surface area contributed by atoms with Crippen molar-refractivity contribution in [3.05, 3.63) is 47.1 Å². The van der Waals surface area contributed by atoms with E-state index < -0.39 is 18.0 Å². The largest absolute Gasteiger partial charge is 0.480 e. The van der Waals surface area contributed by atoms with Gasteiger partial charge in [0.05, 0.1) is 5.52 Å². The van der Waals surface area contributed by atoms with Crippen molar-refractivity contribution in [1.29, 1.82) is 0 Å². The second kappa shape index (κ2) is 8.34. The molecular formula is C20H24ClN3O4. The standard InChI is InChI=1S/C20H24ClN3O4/c1-13(2)10-22-5-7-23(8-6-22)19(20(27)28)16-11-24(12-18(25)26)17-9-14(21)3-4-15(16)17/h3-4,9,11,19H,1,5-8,10,12H2,2H3,(H,25,26)(H,27,28)/t19-/m1/s1. The van der Waals surface area contributed by atoms with Crippen molar-refractivity contribution in [3.63, 3.8) is 0 Å². The Bertz CT molecular complexity index is 916. The minimum Gasteiger partial charge on any atom is -0.480 e. The van der Waals surface area contributed by atoms with Crippen molar-refractivity contribution in [2.24, 2.45) is 0 Å². The summed E-state index contributed by atoms with van der Waals surface area (Å²) >= 11 is 6.08. The molecule has 3 rings (SSSR count). The first-order valence-corrected chi connectivity index (χ1v) is 9.47. The highest BCUT2D eigenvalue weighted by atomic mass is 35.5. The molecule has 1 aromatic carbocycles. The highest BCUT2D eigenvalue weighted by Crippen LogP contribution is 2.32. The minimum absolute atomic E-state index is 0.254. The number of rotatable bonds is 7. The molecule has 0 aliphatic carbocycles. The molecule has 1 atom stereocenters. The predicted molar refractivity (Wildman–Crippen MR) is 108 cm³/mol. The molecule has 0 unspecified atom stereocenters. The van der Waals surface area contributed by atoms with Crippen molar-refractivity contribution in [1.82, 2.24) is 14.4 Å². The summed E-state index contributed by atoms with van der Waals surface area (Å²) in [5.41, 5.74) is 2.29. The van der Waals surface area contributed by atoms with Gasteiger partial charge < -0.3 is 14.8 Å². The average Bonchev–Trinajstić information content (AvgIpc) is 2.92. The lowest BCUT2D eigenvalue weighted by molar-refractivity contribution is -0.144. The van der Waals surface area contributed by atoms with Gasteiger partial charge in [-0.15, -0.1) is 0 Å².